The average molecular weight is 356 g/mol. The second-order valence-corrected chi connectivity index (χ2v) is 2.76. The maximum atomic E-state index is 11.9. The Bertz CT molecular complexity index is 385. The summed E-state index contributed by atoms with van der Waals surface area (Å²) >= 11 is 0. The van der Waals surface area contributed by atoms with E-state index < -0.39 is 17.7 Å². The first-order chi connectivity index (χ1) is 6.91. The van der Waals surface area contributed by atoms with Crippen LogP contribution in [0, 0.1) is 41.7 Å². The predicted octanol–water partition coefficient (Wildman–Crippen LogP) is 2.87. The summed E-state index contributed by atoms with van der Waals surface area (Å²) in [4.78, 5) is 11.2. The molecule has 0 heterocycles. The van der Waals surface area contributed by atoms with Crippen LogP contribution in [0.15, 0.2) is 42.2 Å². The summed E-state index contributed by atoms with van der Waals surface area (Å²) < 4.78 is 35.6. The van der Waals surface area contributed by atoms with Gasteiger partial charge in [0.25, 0.3) is 0 Å². The number of benzene rings is 1. The quantitative estimate of drug-likeness (QED) is 0.503. The van der Waals surface area contributed by atoms with Crippen molar-refractivity contribution in [2.45, 2.75) is 6.18 Å². The molecule has 0 aliphatic carbocycles. The Morgan fingerprint density at radius 1 is 1.19 bits per heavy atom. The van der Waals surface area contributed by atoms with Crippen LogP contribution in [0.5, 0.6) is 0 Å². The van der Waals surface area contributed by atoms with Crippen LogP contribution in [0.2, 0.25) is 0 Å². The summed E-state index contributed by atoms with van der Waals surface area (Å²) in [6, 6.07) is 7.40. The SMILES string of the molecule is O=C(/C=C(\O)C(F)(F)F)c1ccccc1.[Ce+4]. The minimum absolute atomic E-state index is 0. The molecule has 0 aliphatic rings. The van der Waals surface area contributed by atoms with Crippen molar-refractivity contribution in [1.29, 1.82) is 0 Å². The first-order valence-electron chi connectivity index (χ1n) is 3.98. The number of rotatable bonds is 2. The number of aliphatic hydroxyl groups is 1. The van der Waals surface area contributed by atoms with Gasteiger partial charge in [-0.15, -0.1) is 0 Å². The minimum atomic E-state index is -4.88. The second-order valence-electron chi connectivity index (χ2n) is 2.76. The summed E-state index contributed by atoms with van der Waals surface area (Å²) in [5, 5.41) is 8.53. The van der Waals surface area contributed by atoms with E-state index in [0.717, 1.165) is 0 Å². The van der Waals surface area contributed by atoms with Crippen molar-refractivity contribution < 1.29 is 64.8 Å². The van der Waals surface area contributed by atoms with Crippen LogP contribution in [0.4, 0.5) is 13.2 Å². The molecular formula is C10H7CeF3O2+4. The summed E-state index contributed by atoms with van der Waals surface area (Å²) in [7, 11) is 0. The van der Waals surface area contributed by atoms with Crippen molar-refractivity contribution in [2.24, 2.45) is 0 Å². The number of allylic oxidation sites excluding steroid dienone is 2. The Balaban J connectivity index is 0.00000225. The molecule has 80 valence electrons. The largest absolute Gasteiger partial charge is 4.00 e. The fourth-order valence-corrected chi connectivity index (χ4v) is 0.892. The predicted molar refractivity (Wildman–Crippen MR) is 47.5 cm³/mol. The van der Waals surface area contributed by atoms with Crippen LogP contribution < -0.4 is 0 Å². The zero-order valence-corrected chi connectivity index (χ0v) is 11.1. The minimum Gasteiger partial charge on any atom is -0.504 e. The fourth-order valence-electron chi connectivity index (χ4n) is 0.892. The van der Waals surface area contributed by atoms with Crippen molar-refractivity contribution in [3.05, 3.63) is 47.7 Å². The van der Waals surface area contributed by atoms with E-state index in [9.17, 15) is 18.0 Å². The van der Waals surface area contributed by atoms with E-state index in [0.29, 0.717) is 0 Å². The van der Waals surface area contributed by atoms with Crippen molar-refractivity contribution in [2.75, 3.05) is 0 Å². The van der Waals surface area contributed by atoms with E-state index in [2.05, 4.69) is 0 Å². The van der Waals surface area contributed by atoms with Gasteiger partial charge in [-0.3, -0.25) is 4.79 Å². The molecule has 6 heteroatoms. The van der Waals surface area contributed by atoms with E-state index in [4.69, 9.17) is 5.11 Å². The van der Waals surface area contributed by atoms with Gasteiger partial charge in [0.05, 0.1) is 0 Å². The van der Waals surface area contributed by atoms with Gasteiger partial charge in [0.1, 0.15) is 0 Å². The van der Waals surface area contributed by atoms with Gasteiger partial charge >= 0.3 is 47.9 Å². The topological polar surface area (TPSA) is 37.3 Å². The molecule has 0 aromatic heterocycles. The van der Waals surface area contributed by atoms with E-state index >= 15 is 0 Å². The second kappa shape index (κ2) is 6.36. The third kappa shape index (κ3) is 4.63. The first kappa shape index (κ1) is 15.6. The van der Waals surface area contributed by atoms with E-state index in [1.807, 2.05) is 0 Å². The number of carbonyl (C=O) groups is 1. The number of halogens is 3. The Hall–Kier alpha value is -0.403. The molecule has 0 bridgehead atoms. The number of ketones is 1. The molecule has 1 rings (SSSR count). The van der Waals surface area contributed by atoms with Gasteiger partial charge in [-0.25, -0.2) is 0 Å². The third-order valence-electron chi connectivity index (χ3n) is 1.62. The van der Waals surface area contributed by atoms with Gasteiger partial charge in [-0.05, 0) is 0 Å². The molecule has 1 aromatic carbocycles. The Morgan fingerprint density at radius 3 is 2.12 bits per heavy atom. The summed E-state index contributed by atoms with van der Waals surface area (Å²) in [6.07, 6.45) is -4.72. The van der Waals surface area contributed by atoms with Crippen LogP contribution >= 0.6 is 0 Å². The van der Waals surface area contributed by atoms with Gasteiger partial charge in [0.2, 0.25) is 5.76 Å². The van der Waals surface area contributed by atoms with Crippen LogP contribution in [0.1, 0.15) is 10.4 Å². The van der Waals surface area contributed by atoms with Gasteiger partial charge < -0.3 is 5.11 Å². The molecule has 0 aliphatic heterocycles. The number of alkyl halides is 3. The summed E-state index contributed by atoms with van der Waals surface area (Å²) in [5.41, 5.74) is 0.0910. The molecule has 0 spiro atoms. The normalized spacial score (nSPS) is 11.8. The molecule has 0 saturated heterocycles. The van der Waals surface area contributed by atoms with E-state index in [-0.39, 0.29) is 53.4 Å². The monoisotopic (exact) mass is 356 g/mol. The maximum Gasteiger partial charge on any atom is 4.00 e. The molecule has 0 unspecified atom stereocenters. The molecule has 0 atom stereocenters. The Kier molecular flexibility index (Phi) is 6.20. The van der Waals surface area contributed by atoms with E-state index in [1.165, 1.54) is 24.3 Å². The summed E-state index contributed by atoms with van der Waals surface area (Å²) in [6.45, 7) is 0. The zero-order valence-electron chi connectivity index (χ0n) is 7.95. The van der Waals surface area contributed by atoms with Crippen LogP contribution in [0.25, 0.3) is 0 Å². The number of hydrogen-bond acceptors (Lipinski definition) is 2. The Morgan fingerprint density at radius 2 is 1.69 bits per heavy atom. The average Bonchev–Trinajstić information content (AvgIpc) is 2.17. The van der Waals surface area contributed by atoms with Gasteiger partial charge in [-0.1, -0.05) is 30.3 Å². The van der Waals surface area contributed by atoms with Crippen molar-refractivity contribution in [3.63, 3.8) is 0 Å². The third-order valence-corrected chi connectivity index (χ3v) is 1.62. The molecule has 0 amide bonds. The van der Waals surface area contributed by atoms with Crippen molar-refractivity contribution in [1.82, 2.24) is 0 Å². The van der Waals surface area contributed by atoms with Crippen molar-refractivity contribution in [3.8, 4) is 0 Å². The molecule has 0 fully saturated rings. The smallest absolute Gasteiger partial charge is 0.504 e. The standard InChI is InChI=1S/C10H7F3O2.Ce/c11-10(12,13)9(15)6-8(14)7-4-2-1-3-5-7;/h1-6,15H;/q;+4/b9-6-;. The van der Waals surface area contributed by atoms with Crippen LogP contribution in [-0.4, -0.2) is 17.1 Å². The van der Waals surface area contributed by atoms with Gasteiger partial charge in [0, 0.05) is 11.6 Å². The molecule has 0 radical (unpaired) electrons. The molecular weight excluding hydrogens is 349 g/mol. The van der Waals surface area contributed by atoms with Gasteiger partial charge in [0.15, 0.2) is 5.78 Å². The van der Waals surface area contributed by atoms with Crippen LogP contribution in [-0.2, 0) is 0 Å². The molecule has 2 nitrogen and oxygen atoms in total. The number of aliphatic hydroxyl groups excluding tert-OH is 1. The molecule has 0 saturated carbocycles. The molecule has 1 N–H and O–H groups in total. The van der Waals surface area contributed by atoms with E-state index in [1.54, 1.807) is 6.07 Å². The first-order valence-corrected chi connectivity index (χ1v) is 3.98. The Labute approximate surface area is 124 Å². The molecule has 1 aromatic rings. The van der Waals surface area contributed by atoms with Crippen molar-refractivity contribution >= 4 is 5.78 Å². The number of hydrogen-bond donors (Lipinski definition) is 1. The zero-order chi connectivity index (χ0) is 11.5. The summed E-state index contributed by atoms with van der Waals surface area (Å²) in [5.74, 6) is -2.78. The number of carbonyl (C=O) groups excluding carboxylic acids is 1. The van der Waals surface area contributed by atoms with Crippen LogP contribution in [0.3, 0.4) is 0 Å². The maximum absolute atomic E-state index is 11.9. The molecule has 16 heavy (non-hydrogen) atoms. The van der Waals surface area contributed by atoms with Gasteiger partial charge in [-0.2, -0.15) is 13.2 Å². The fraction of sp³-hybridized carbons (Fsp3) is 0.100.